The van der Waals surface area contributed by atoms with Crippen LogP contribution < -0.4 is 0 Å². The van der Waals surface area contributed by atoms with Gasteiger partial charge in [0.15, 0.2) is 0 Å². The number of allylic oxidation sites excluding steroid dienone is 1. The molecule has 0 aromatic heterocycles. The third kappa shape index (κ3) is 8.13. The summed E-state index contributed by atoms with van der Waals surface area (Å²) in [6.07, 6.45) is 16.5. The van der Waals surface area contributed by atoms with Crippen LogP contribution in [0.4, 0.5) is 4.79 Å². The number of carbonyl (C=O) groups excluding carboxylic acids is 3. The van der Waals surface area contributed by atoms with Gasteiger partial charge in [0.05, 0.1) is 7.11 Å². The highest BCUT2D eigenvalue weighted by Gasteiger charge is 2.59. The zero-order valence-electron chi connectivity index (χ0n) is 30.3. The maximum absolute atomic E-state index is 13.0. The van der Waals surface area contributed by atoms with Gasteiger partial charge in [-0.1, -0.05) is 58.6 Å². The van der Waals surface area contributed by atoms with Crippen molar-refractivity contribution in [1.29, 1.82) is 0 Å². The van der Waals surface area contributed by atoms with E-state index in [0.717, 1.165) is 61.4 Å². The Morgan fingerprint density at radius 2 is 1.67 bits per heavy atom. The van der Waals surface area contributed by atoms with Crippen molar-refractivity contribution in [1.82, 2.24) is 9.80 Å². The minimum absolute atomic E-state index is 0.104. The number of likely N-dealkylation sites (N-methyl/N-ethyl adjacent to an activating group) is 2. The first kappa shape index (κ1) is 36.7. The van der Waals surface area contributed by atoms with E-state index in [4.69, 9.17) is 9.47 Å². The lowest BCUT2D eigenvalue weighted by Gasteiger charge is -2.58. The summed E-state index contributed by atoms with van der Waals surface area (Å²) in [6, 6.07) is 0. The SMILES string of the molecule is COCCC(C)CCC[C@@H](C)[C@H]1CC[C@H]2[C@@H]3CC=C4C[C@@H](OC(=O)N(C)CCN(C)C(=O)CC(=O)OC)CC[C@]4(C)[C@H]3CC[C@]12C. The van der Waals surface area contributed by atoms with Crippen molar-refractivity contribution in [3.05, 3.63) is 11.6 Å². The van der Waals surface area contributed by atoms with Gasteiger partial charge in [0.25, 0.3) is 0 Å². The molecule has 1 unspecified atom stereocenters. The fourth-order valence-corrected chi connectivity index (χ4v) is 10.2. The molecule has 9 atom stereocenters. The highest BCUT2D eigenvalue weighted by molar-refractivity contribution is 5.94. The number of hydrogen-bond acceptors (Lipinski definition) is 6. The average molecular weight is 645 g/mol. The van der Waals surface area contributed by atoms with Crippen LogP contribution >= 0.6 is 0 Å². The average Bonchev–Trinajstić information content (AvgIpc) is 3.39. The first-order valence-electron chi connectivity index (χ1n) is 18.2. The van der Waals surface area contributed by atoms with E-state index in [9.17, 15) is 14.4 Å². The quantitative estimate of drug-likeness (QED) is 0.111. The van der Waals surface area contributed by atoms with E-state index in [1.54, 1.807) is 21.2 Å². The summed E-state index contributed by atoms with van der Waals surface area (Å²) in [5.74, 6) is 3.86. The zero-order valence-corrected chi connectivity index (χ0v) is 30.3. The van der Waals surface area contributed by atoms with Gasteiger partial charge in [0.1, 0.15) is 12.5 Å². The Morgan fingerprint density at radius 1 is 0.935 bits per heavy atom. The molecule has 0 bridgehead atoms. The highest BCUT2D eigenvalue weighted by Crippen LogP contribution is 2.67. The molecule has 0 aromatic carbocycles. The van der Waals surface area contributed by atoms with Crippen LogP contribution in [0.15, 0.2) is 11.6 Å². The van der Waals surface area contributed by atoms with Crippen molar-refractivity contribution in [3.63, 3.8) is 0 Å². The second-order valence-corrected chi connectivity index (χ2v) is 16.0. The molecular formula is C38H64N2O6. The topological polar surface area (TPSA) is 85.4 Å². The summed E-state index contributed by atoms with van der Waals surface area (Å²) in [4.78, 5) is 39.5. The molecule has 8 nitrogen and oxygen atoms in total. The summed E-state index contributed by atoms with van der Waals surface area (Å²) < 4.78 is 15.9. The number of rotatable bonds is 14. The van der Waals surface area contributed by atoms with Gasteiger partial charge in [-0.25, -0.2) is 4.79 Å². The Hall–Kier alpha value is -2.09. The Bertz CT molecular complexity index is 1090. The molecule has 0 spiro atoms. The van der Waals surface area contributed by atoms with Crippen molar-refractivity contribution < 1.29 is 28.6 Å². The lowest BCUT2D eigenvalue weighted by atomic mass is 9.47. The largest absolute Gasteiger partial charge is 0.469 e. The van der Waals surface area contributed by atoms with E-state index < -0.39 is 5.97 Å². The second-order valence-electron chi connectivity index (χ2n) is 16.0. The molecule has 3 fully saturated rings. The molecule has 4 aliphatic rings. The Labute approximate surface area is 279 Å². The van der Waals surface area contributed by atoms with Gasteiger partial charge in [-0.3, -0.25) is 9.59 Å². The molecular weight excluding hydrogens is 580 g/mol. The van der Waals surface area contributed by atoms with E-state index in [1.165, 1.54) is 80.3 Å². The molecule has 4 rings (SSSR count). The molecule has 0 N–H and O–H groups in total. The fourth-order valence-electron chi connectivity index (χ4n) is 10.2. The van der Waals surface area contributed by atoms with E-state index >= 15 is 0 Å². The number of fused-ring (bicyclic) bond motifs is 5. The minimum Gasteiger partial charge on any atom is -0.469 e. The van der Waals surface area contributed by atoms with Crippen LogP contribution in [-0.2, 0) is 23.8 Å². The van der Waals surface area contributed by atoms with Gasteiger partial charge >= 0.3 is 12.1 Å². The fraction of sp³-hybridized carbons (Fsp3) is 0.868. The monoisotopic (exact) mass is 644 g/mol. The van der Waals surface area contributed by atoms with Gasteiger partial charge < -0.3 is 24.0 Å². The lowest BCUT2D eigenvalue weighted by Crippen LogP contribution is -2.51. The van der Waals surface area contributed by atoms with E-state index in [-0.39, 0.29) is 29.9 Å². The Balaban J connectivity index is 1.29. The number of hydrogen-bond donors (Lipinski definition) is 0. The summed E-state index contributed by atoms with van der Waals surface area (Å²) in [6.45, 7) is 11.6. The number of methoxy groups -OCH3 is 2. The highest BCUT2D eigenvalue weighted by atomic mass is 16.6. The minimum atomic E-state index is -0.563. The molecule has 0 aliphatic heterocycles. The summed E-state index contributed by atoms with van der Waals surface area (Å²) in [7, 11) is 6.40. The Kier molecular flexibility index (Phi) is 12.7. The van der Waals surface area contributed by atoms with Crippen LogP contribution in [0.2, 0.25) is 0 Å². The molecule has 4 aliphatic carbocycles. The zero-order chi connectivity index (χ0) is 33.6. The van der Waals surface area contributed by atoms with Crippen molar-refractivity contribution in [2.24, 2.45) is 46.3 Å². The molecule has 46 heavy (non-hydrogen) atoms. The van der Waals surface area contributed by atoms with Crippen molar-refractivity contribution in [2.75, 3.05) is 48.0 Å². The third-order valence-electron chi connectivity index (χ3n) is 13.3. The first-order valence-corrected chi connectivity index (χ1v) is 18.2. The van der Waals surface area contributed by atoms with E-state index in [2.05, 4.69) is 38.5 Å². The number of ether oxygens (including phenoxy) is 3. The van der Waals surface area contributed by atoms with Crippen molar-refractivity contribution >= 4 is 18.0 Å². The van der Waals surface area contributed by atoms with Crippen LogP contribution in [0.1, 0.15) is 111 Å². The van der Waals surface area contributed by atoms with Gasteiger partial charge in [-0.15, -0.1) is 0 Å². The van der Waals surface area contributed by atoms with Crippen LogP contribution in [-0.4, -0.2) is 81.9 Å². The Morgan fingerprint density at radius 3 is 2.39 bits per heavy atom. The van der Waals surface area contributed by atoms with Crippen LogP contribution in [0.3, 0.4) is 0 Å². The summed E-state index contributed by atoms with van der Waals surface area (Å²) >= 11 is 0. The number of amides is 2. The van der Waals surface area contributed by atoms with Crippen LogP contribution in [0.5, 0.6) is 0 Å². The van der Waals surface area contributed by atoms with Crippen molar-refractivity contribution in [2.45, 2.75) is 117 Å². The molecule has 8 heteroatoms. The molecule has 3 saturated carbocycles. The van der Waals surface area contributed by atoms with Crippen molar-refractivity contribution in [3.8, 4) is 0 Å². The summed E-state index contributed by atoms with van der Waals surface area (Å²) in [5, 5.41) is 0. The number of esters is 1. The van der Waals surface area contributed by atoms with E-state index in [0.29, 0.717) is 18.5 Å². The summed E-state index contributed by atoms with van der Waals surface area (Å²) in [5.41, 5.74) is 2.20. The van der Waals surface area contributed by atoms with Crippen LogP contribution in [0, 0.1) is 46.3 Å². The molecule has 0 heterocycles. The molecule has 0 radical (unpaired) electrons. The van der Waals surface area contributed by atoms with Gasteiger partial charge in [-0.05, 0) is 97.7 Å². The normalized spacial score (nSPS) is 33.0. The van der Waals surface area contributed by atoms with Gasteiger partial charge in [0.2, 0.25) is 5.91 Å². The lowest BCUT2D eigenvalue weighted by molar-refractivity contribution is -0.146. The number of nitrogens with zero attached hydrogens (tertiary/aromatic N) is 2. The second kappa shape index (κ2) is 15.9. The van der Waals surface area contributed by atoms with E-state index in [1.807, 2.05) is 0 Å². The van der Waals surface area contributed by atoms with Gasteiger partial charge in [-0.2, -0.15) is 0 Å². The van der Waals surface area contributed by atoms with Gasteiger partial charge in [0, 0.05) is 47.3 Å². The maximum Gasteiger partial charge on any atom is 0.409 e. The molecule has 2 amide bonds. The predicted molar refractivity (Wildman–Crippen MR) is 181 cm³/mol. The molecule has 262 valence electrons. The molecule has 0 saturated heterocycles. The predicted octanol–water partition coefficient (Wildman–Crippen LogP) is 7.50. The third-order valence-corrected chi connectivity index (χ3v) is 13.3. The molecule has 0 aromatic rings. The number of carbonyl (C=O) groups is 3. The first-order chi connectivity index (χ1) is 21.8. The van der Waals surface area contributed by atoms with Crippen LogP contribution in [0.25, 0.3) is 0 Å². The standard InChI is InChI=1S/C38H64N2O6/c1-26(18-23-44-7)10-9-11-27(2)31-14-15-32-30-13-12-28-24-29(16-19-37(28,3)33(30)17-20-38(31,32)4)46-36(43)40(6)22-21-39(5)34(41)25-35(42)45-8/h12,26-27,29-33H,9-11,13-25H2,1-8H3/t26?,27-,29+,30+,31-,32+,33+,37+,38-/m1/s1. The smallest absolute Gasteiger partial charge is 0.409 e. The maximum atomic E-state index is 13.0.